The molecule has 3 N–H and O–H groups in total. The van der Waals surface area contributed by atoms with Gasteiger partial charge in [0.05, 0.1) is 6.61 Å². The molecule has 7 nitrogen and oxygen atoms in total. The summed E-state index contributed by atoms with van der Waals surface area (Å²) in [4.78, 5) is 20.1. The Hall–Kier alpha value is -2.44. The molecule has 0 saturated carbocycles. The number of amides is 1. The Morgan fingerprint density at radius 1 is 1.35 bits per heavy atom. The number of hydrogen-bond acceptors (Lipinski definition) is 4. The normalized spacial score (nSPS) is 15.6. The first kappa shape index (κ1) is 19.9. The predicted molar refractivity (Wildman–Crippen MR) is 106 cm³/mol. The highest BCUT2D eigenvalue weighted by Crippen LogP contribution is 2.12. The van der Waals surface area contributed by atoms with Crippen LogP contribution in [0.25, 0.3) is 0 Å². The van der Waals surface area contributed by atoms with Crippen molar-refractivity contribution >= 4 is 17.7 Å². The third-order valence-electron chi connectivity index (χ3n) is 4.50. The van der Waals surface area contributed by atoms with E-state index >= 15 is 0 Å². The number of para-hydroxylation sites is 1. The van der Waals surface area contributed by atoms with Crippen LogP contribution in [0.15, 0.2) is 35.3 Å². The Balaban J connectivity index is 1.64. The molecule has 0 radical (unpaired) electrons. The highest BCUT2D eigenvalue weighted by Gasteiger charge is 2.23. The second-order valence-electron chi connectivity index (χ2n) is 6.48. The zero-order chi connectivity index (χ0) is 18.8. The van der Waals surface area contributed by atoms with Crippen LogP contribution in [-0.4, -0.2) is 62.8 Å². The van der Waals surface area contributed by atoms with Gasteiger partial charge in [-0.3, -0.25) is 4.99 Å². The van der Waals surface area contributed by atoms with Crippen LogP contribution in [0.3, 0.4) is 0 Å². The molecule has 26 heavy (non-hydrogen) atoms. The van der Waals surface area contributed by atoms with Crippen molar-refractivity contribution in [2.24, 2.45) is 10.7 Å². The minimum Gasteiger partial charge on any atom is -0.450 e. The molecule has 2 rings (SSSR count). The molecule has 1 aliphatic heterocycles. The summed E-state index contributed by atoms with van der Waals surface area (Å²) < 4.78 is 5.03. The van der Waals surface area contributed by atoms with Crippen LogP contribution in [0.1, 0.15) is 26.2 Å². The molecule has 1 aromatic carbocycles. The summed E-state index contributed by atoms with van der Waals surface area (Å²) in [5.74, 6) is 0.488. The molecule has 0 spiro atoms. The number of guanidine groups is 1. The smallest absolute Gasteiger partial charge is 0.409 e. The van der Waals surface area contributed by atoms with Crippen LogP contribution < -0.4 is 16.0 Å². The minimum atomic E-state index is -0.227. The maximum Gasteiger partial charge on any atom is 0.409 e. The molecule has 144 valence electrons. The summed E-state index contributed by atoms with van der Waals surface area (Å²) >= 11 is 0. The molecule has 7 heteroatoms. The molecule has 1 aliphatic rings. The van der Waals surface area contributed by atoms with Crippen molar-refractivity contribution < 1.29 is 9.53 Å². The summed E-state index contributed by atoms with van der Waals surface area (Å²) in [5.41, 5.74) is 7.20. The molecule has 1 heterocycles. The highest BCUT2D eigenvalue weighted by atomic mass is 16.6. The van der Waals surface area contributed by atoms with Gasteiger partial charge in [-0.15, -0.1) is 0 Å². The maximum absolute atomic E-state index is 11.7. The first-order chi connectivity index (χ1) is 12.6. The molecule has 1 saturated heterocycles. The lowest BCUT2D eigenvalue weighted by molar-refractivity contribution is 0.0963. The second kappa shape index (κ2) is 10.5. The van der Waals surface area contributed by atoms with E-state index < -0.39 is 0 Å². The van der Waals surface area contributed by atoms with Gasteiger partial charge in [-0.25, -0.2) is 4.79 Å². The molecular weight excluding hydrogens is 330 g/mol. The number of benzene rings is 1. The number of ether oxygens (including phenoxy) is 1. The van der Waals surface area contributed by atoms with Crippen molar-refractivity contribution in [2.75, 3.05) is 44.7 Å². The van der Waals surface area contributed by atoms with E-state index in [0.29, 0.717) is 32.2 Å². The predicted octanol–water partition coefficient (Wildman–Crippen LogP) is 2.04. The van der Waals surface area contributed by atoms with E-state index in [9.17, 15) is 4.79 Å². The van der Waals surface area contributed by atoms with E-state index in [1.807, 2.05) is 25.1 Å². The van der Waals surface area contributed by atoms with Crippen LogP contribution in [0, 0.1) is 0 Å². The fraction of sp³-hybridized carbons (Fsp3) is 0.579. The van der Waals surface area contributed by atoms with Gasteiger partial charge in [0.25, 0.3) is 0 Å². The Bertz CT molecular complexity index is 571. The van der Waals surface area contributed by atoms with Crippen molar-refractivity contribution in [1.82, 2.24) is 10.2 Å². The average Bonchev–Trinajstić information content (AvgIpc) is 2.66. The van der Waals surface area contributed by atoms with Crippen LogP contribution >= 0.6 is 0 Å². The Morgan fingerprint density at radius 2 is 2.04 bits per heavy atom. The zero-order valence-corrected chi connectivity index (χ0v) is 15.9. The number of aliphatic imine (C=N–C) groups is 1. The number of anilines is 1. The fourth-order valence-corrected chi connectivity index (χ4v) is 2.99. The SMILES string of the molecule is CCOC(=O)N1CCC(NC(N)=NCCCN(C)c2ccccc2)CC1. The molecule has 0 unspecified atom stereocenters. The lowest BCUT2D eigenvalue weighted by atomic mass is 10.1. The van der Waals surface area contributed by atoms with Gasteiger partial charge in [-0.1, -0.05) is 18.2 Å². The standard InChI is InChI=1S/C19H31N5O2/c1-3-26-19(25)24-14-10-16(11-15-24)22-18(20)21-12-7-13-23(2)17-8-5-4-6-9-17/h4-6,8-9,16H,3,7,10-15H2,1-2H3,(H3,20,21,22). The molecule has 0 aromatic heterocycles. The summed E-state index contributed by atoms with van der Waals surface area (Å²) in [6.45, 7) is 5.23. The number of likely N-dealkylation sites (tertiary alicyclic amines) is 1. The average molecular weight is 361 g/mol. The van der Waals surface area contributed by atoms with Crippen molar-refractivity contribution in [1.29, 1.82) is 0 Å². The van der Waals surface area contributed by atoms with Gasteiger partial charge in [0.1, 0.15) is 0 Å². The highest BCUT2D eigenvalue weighted by molar-refractivity contribution is 5.78. The number of carbonyl (C=O) groups excluding carboxylic acids is 1. The molecule has 1 fully saturated rings. The number of nitrogens with one attached hydrogen (secondary N) is 1. The fourth-order valence-electron chi connectivity index (χ4n) is 2.99. The second-order valence-corrected chi connectivity index (χ2v) is 6.48. The minimum absolute atomic E-state index is 0.227. The third-order valence-corrected chi connectivity index (χ3v) is 4.50. The molecule has 0 aliphatic carbocycles. The van der Waals surface area contributed by atoms with E-state index in [2.05, 4.69) is 34.4 Å². The number of nitrogens with two attached hydrogens (primary N) is 1. The van der Waals surface area contributed by atoms with Gasteiger partial charge in [-0.2, -0.15) is 0 Å². The number of hydrogen-bond donors (Lipinski definition) is 2. The molecule has 0 atom stereocenters. The van der Waals surface area contributed by atoms with E-state index in [0.717, 1.165) is 25.8 Å². The van der Waals surface area contributed by atoms with Gasteiger partial charge >= 0.3 is 6.09 Å². The van der Waals surface area contributed by atoms with Crippen molar-refractivity contribution in [3.05, 3.63) is 30.3 Å². The van der Waals surface area contributed by atoms with Gasteiger partial charge in [0.2, 0.25) is 0 Å². The number of rotatable bonds is 7. The van der Waals surface area contributed by atoms with E-state index in [1.165, 1.54) is 5.69 Å². The molecule has 1 amide bonds. The van der Waals surface area contributed by atoms with Crippen molar-refractivity contribution in [3.63, 3.8) is 0 Å². The van der Waals surface area contributed by atoms with Gasteiger partial charge in [-0.05, 0) is 38.3 Å². The Kier molecular flexibility index (Phi) is 8.05. The van der Waals surface area contributed by atoms with Crippen LogP contribution in [-0.2, 0) is 4.74 Å². The first-order valence-corrected chi connectivity index (χ1v) is 9.34. The van der Waals surface area contributed by atoms with Gasteiger partial charge in [0, 0.05) is 45.0 Å². The summed E-state index contributed by atoms with van der Waals surface area (Å²) in [7, 11) is 2.08. The molecular formula is C19H31N5O2. The first-order valence-electron chi connectivity index (χ1n) is 9.34. The van der Waals surface area contributed by atoms with Crippen molar-refractivity contribution in [3.8, 4) is 0 Å². The largest absolute Gasteiger partial charge is 0.450 e. The van der Waals surface area contributed by atoms with E-state index in [4.69, 9.17) is 10.5 Å². The number of carbonyl (C=O) groups is 1. The van der Waals surface area contributed by atoms with Crippen LogP contribution in [0.5, 0.6) is 0 Å². The maximum atomic E-state index is 11.7. The van der Waals surface area contributed by atoms with E-state index in [-0.39, 0.29) is 12.1 Å². The number of nitrogens with zero attached hydrogens (tertiary/aromatic N) is 3. The van der Waals surface area contributed by atoms with Crippen LogP contribution in [0.2, 0.25) is 0 Å². The van der Waals surface area contributed by atoms with Gasteiger partial charge in [0.15, 0.2) is 5.96 Å². The van der Waals surface area contributed by atoms with Crippen molar-refractivity contribution in [2.45, 2.75) is 32.2 Å². The quantitative estimate of drug-likeness (QED) is 0.441. The summed E-state index contributed by atoms with van der Waals surface area (Å²) in [6.07, 6.45) is 2.42. The summed E-state index contributed by atoms with van der Waals surface area (Å²) in [6, 6.07) is 10.6. The van der Waals surface area contributed by atoms with Gasteiger partial charge < -0.3 is 25.6 Å². The van der Waals surface area contributed by atoms with E-state index in [1.54, 1.807) is 4.90 Å². The summed E-state index contributed by atoms with van der Waals surface area (Å²) in [5, 5.41) is 3.27. The zero-order valence-electron chi connectivity index (χ0n) is 15.9. The Labute approximate surface area is 156 Å². The lowest BCUT2D eigenvalue weighted by Crippen LogP contribution is -2.48. The monoisotopic (exact) mass is 361 g/mol. The van der Waals surface area contributed by atoms with Crippen LogP contribution in [0.4, 0.5) is 10.5 Å². The lowest BCUT2D eigenvalue weighted by Gasteiger charge is -2.31. The topological polar surface area (TPSA) is 83.2 Å². The molecule has 1 aromatic rings. The molecule has 0 bridgehead atoms. The Morgan fingerprint density at radius 3 is 2.69 bits per heavy atom. The third kappa shape index (κ3) is 6.46. The number of piperidine rings is 1.